The largest absolute Gasteiger partial charge is 0.323 e. The number of nitrogens with zero attached hydrogens (tertiary/aromatic N) is 2. The molecule has 0 spiro atoms. The van der Waals surface area contributed by atoms with Crippen molar-refractivity contribution in [1.29, 1.82) is 0 Å². The second-order valence-corrected chi connectivity index (χ2v) is 4.28. The van der Waals surface area contributed by atoms with Crippen molar-refractivity contribution < 1.29 is 4.79 Å². The number of hydrazine groups is 1. The molecule has 7 heteroatoms. The van der Waals surface area contributed by atoms with Crippen LogP contribution in [0.15, 0.2) is 12.3 Å². The van der Waals surface area contributed by atoms with Gasteiger partial charge in [-0.15, -0.1) is 0 Å². The molecule has 2 aromatic rings. The Morgan fingerprint density at radius 3 is 2.68 bits per heavy atom. The number of H-pyrrole nitrogens is 1. The summed E-state index contributed by atoms with van der Waals surface area (Å²) in [6, 6.07) is 1.71. The predicted molar refractivity (Wildman–Crippen MR) is 72.8 cm³/mol. The molecule has 0 saturated carbocycles. The minimum atomic E-state index is -0.284. The summed E-state index contributed by atoms with van der Waals surface area (Å²) in [6.45, 7) is 5.48. The van der Waals surface area contributed by atoms with Gasteiger partial charge in [0.15, 0.2) is 0 Å². The van der Waals surface area contributed by atoms with E-state index in [0.717, 1.165) is 17.1 Å². The highest BCUT2D eigenvalue weighted by Gasteiger charge is 2.15. The highest BCUT2D eigenvalue weighted by Crippen LogP contribution is 2.20. The number of nitrogens with one attached hydrogen (secondary N) is 3. The van der Waals surface area contributed by atoms with Crippen molar-refractivity contribution in [2.24, 2.45) is 5.84 Å². The van der Waals surface area contributed by atoms with Crippen molar-refractivity contribution >= 4 is 17.3 Å². The Kier molecular flexibility index (Phi) is 3.48. The van der Waals surface area contributed by atoms with Crippen LogP contribution in [0.3, 0.4) is 0 Å². The lowest BCUT2D eigenvalue weighted by Crippen LogP contribution is -2.18. The normalized spacial score (nSPS) is 10.3. The van der Waals surface area contributed by atoms with E-state index in [9.17, 15) is 4.79 Å². The summed E-state index contributed by atoms with van der Waals surface area (Å²) in [5.74, 6) is 5.13. The average molecular weight is 260 g/mol. The third-order valence-corrected chi connectivity index (χ3v) is 2.81. The van der Waals surface area contributed by atoms with Crippen molar-refractivity contribution in [3.8, 4) is 0 Å². The van der Waals surface area contributed by atoms with Crippen molar-refractivity contribution in [1.82, 2.24) is 15.2 Å². The number of hydrogen-bond donors (Lipinski definition) is 4. The van der Waals surface area contributed by atoms with Gasteiger partial charge >= 0.3 is 0 Å². The number of pyridine rings is 1. The quantitative estimate of drug-likeness (QED) is 0.491. The number of nitrogen functional groups attached to an aromatic ring is 1. The van der Waals surface area contributed by atoms with E-state index in [1.165, 1.54) is 6.20 Å². The Morgan fingerprint density at radius 1 is 1.37 bits per heavy atom. The molecule has 0 aliphatic carbocycles. The number of anilines is 2. The van der Waals surface area contributed by atoms with Crippen LogP contribution in [0.5, 0.6) is 0 Å². The molecule has 2 rings (SSSR count). The molecule has 2 aromatic heterocycles. The molecule has 0 fully saturated rings. The topological polar surface area (TPSA) is 109 Å². The van der Waals surface area contributed by atoms with Crippen LogP contribution in [-0.4, -0.2) is 21.1 Å². The zero-order chi connectivity index (χ0) is 14.0. The monoisotopic (exact) mass is 260 g/mol. The Balaban J connectivity index is 2.30. The van der Waals surface area contributed by atoms with Gasteiger partial charge in [-0.1, -0.05) is 0 Å². The molecular weight excluding hydrogens is 244 g/mol. The molecule has 0 saturated heterocycles. The van der Waals surface area contributed by atoms with Gasteiger partial charge in [-0.2, -0.15) is 5.10 Å². The van der Waals surface area contributed by atoms with Gasteiger partial charge in [0.05, 0.1) is 28.3 Å². The maximum Gasteiger partial charge on any atom is 0.259 e. The van der Waals surface area contributed by atoms with Crippen molar-refractivity contribution in [2.75, 3.05) is 10.7 Å². The highest BCUT2D eigenvalue weighted by atomic mass is 16.1. The summed E-state index contributed by atoms with van der Waals surface area (Å²) in [4.78, 5) is 16.3. The van der Waals surface area contributed by atoms with Gasteiger partial charge in [0.2, 0.25) is 0 Å². The first kappa shape index (κ1) is 13.0. The Hall–Kier alpha value is -2.41. The number of aromatic nitrogens is 3. The number of carbonyl (C=O) groups is 1. The van der Waals surface area contributed by atoms with E-state index in [1.54, 1.807) is 6.07 Å². The van der Waals surface area contributed by atoms with E-state index in [0.29, 0.717) is 16.9 Å². The summed E-state index contributed by atoms with van der Waals surface area (Å²) in [7, 11) is 0. The number of carbonyl (C=O) groups excluding carboxylic acids is 1. The van der Waals surface area contributed by atoms with Gasteiger partial charge in [0, 0.05) is 11.9 Å². The number of nitrogens with two attached hydrogens (primary N) is 1. The molecule has 0 aliphatic rings. The average Bonchev–Trinajstić information content (AvgIpc) is 2.70. The van der Waals surface area contributed by atoms with Crippen LogP contribution in [0.4, 0.5) is 11.4 Å². The number of amides is 1. The molecule has 0 unspecified atom stereocenters. The highest BCUT2D eigenvalue weighted by molar-refractivity contribution is 6.08. The molecular formula is C12H16N6O. The molecule has 0 atom stereocenters. The smallest absolute Gasteiger partial charge is 0.259 e. The maximum atomic E-state index is 12.2. The summed E-state index contributed by atoms with van der Waals surface area (Å²) in [5.41, 5.74) is 6.40. The predicted octanol–water partition coefficient (Wildman–Crippen LogP) is 1.27. The summed E-state index contributed by atoms with van der Waals surface area (Å²) >= 11 is 0. The molecule has 0 aliphatic heterocycles. The number of aromatic amines is 1. The van der Waals surface area contributed by atoms with E-state index in [-0.39, 0.29) is 5.91 Å². The number of rotatable bonds is 3. The fourth-order valence-electron chi connectivity index (χ4n) is 1.78. The first-order chi connectivity index (χ1) is 9.02. The molecule has 0 aromatic carbocycles. The summed E-state index contributed by atoms with van der Waals surface area (Å²) in [5, 5.41) is 9.64. The van der Waals surface area contributed by atoms with Crippen LogP contribution in [0, 0.1) is 20.8 Å². The molecule has 1 amide bonds. The fraction of sp³-hybridized carbons (Fsp3) is 0.250. The SMILES string of the molecule is Cc1cc(NN)c(C(=O)Nc2c(C)n[nH]c2C)cn1. The molecule has 2 heterocycles. The maximum absolute atomic E-state index is 12.2. The van der Waals surface area contributed by atoms with E-state index in [4.69, 9.17) is 5.84 Å². The third kappa shape index (κ3) is 2.55. The van der Waals surface area contributed by atoms with Crippen LogP contribution >= 0.6 is 0 Å². The molecule has 5 N–H and O–H groups in total. The number of aryl methyl sites for hydroxylation is 3. The zero-order valence-corrected chi connectivity index (χ0v) is 11.0. The van der Waals surface area contributed by atoms with E-state index in [1.807, 2.05) is 20.8 Å². The minimum Gasteiger partial charge on any atom is -0.323 e. The second-order valence-electron chi connectivity index (χ2n) is 4.28. The van der Waals surface area contributed by atoms with Gasteiger partial charge in [0.1, 0.15) is 0 Å². The van der Waals surface area contributed by atoms with Gasteiger partial charge in [0.25, 0.3) is 5.91 Å². The molecule has 100 valence electrons. The second kappa shape index (κ2) is 5.07. The van der Waals surface area contributed by atoms with Crippen molar-refractivity contribution in [2.45, 2.75) is 20.8 Å². The van der Waals surface area contributed by atoms with Crippen LogP contribution in [0.1, 0.15) is 27.4 Å². The third-order valence-electron chi connectivity index (χ3n) is 2.81. The van der Waals surface area contributed by atoms with Crippen molar-refractivity contribution in [3.63, 3.8) is 0 Å². The standard InChI is InChI=1S/C12H16N6O/c1-6-4-10(16-13)9(5-14-6)12(19)15-11-7(2)17-18-8(11)3/h4-5H,13H2,1-3H3,(H,14,16)(H,15,19)(H,17,18). The minimum absolute atomic E-state index is 0.284. The van der Waals surface area contributed by atoms with Crippen LogP contribution in [0.2, 0.25) is 0 Å². The van der Waals surface area contributed by atoms with E-state index >= 15 is 0 Å². The first-order valence-corrected chi connectivity index (χ1v) is 5.79. The van der Waals surface area contributed by atoms with Crippen LogP contribution in [0.25, 0.3) is 0 Å². The lowest BCUT2D eigenvalue weighted by Gasteiger charge is -2.10. The Morgan fingerprint density at radius 2 is 2.11 bits per heavy atom. The number of hydrogen-bond acceptors (Lipinski definition) is 5. The van der Waals surface area contributed by atoms with Gasteiger partial charge in [-0.25, -0.2) is 0 Å². The Bertz CT molecular complexity index is 599. The van der Waals surface area contributed by atoms with E-state index < -0.39 is 0 Å². The van der Waals surface area contributed by atoms with Gasteiger partial charge in [-0.05, 0) is 26.8 Å². The van der Waals surface area contributed by atoms with Gasteiger partial charge < -0.3 is 10.7 Å². The Labute approximate surface area is 110 Å². The molecule has 19 heavy (non-hydrogen) atoms. The van der Waals surface area contributed by atoms with Gasteiger partial charge in [-0.3, -0.25) is 20.7 Å². The van der Waals surface area contributed by atoms with E-state index in [2.05, 4.69) is 25.9 Å². The summed E-state index contributed by atoms with van der Waals surface area (Å²) < 4.78 is 0. The lowest BCUT2D eigenvalue weighted by molar-refractivity contribution is 0.102. The van der Waals surface area contributed by atoms with Crippen LogP contribution in [-0.2, 0) is 0 Å². The van der Waals surface area contributed by atoms with Crippen LogP contribution < -0.4 is 16.6 Å². The lowest BCUT2D eigenvalue weighted by atomic mass is 10.2. The summed E-state index contributed by atoms with van der Waals surface area (Å²) in [6.07, 6.45) is 1.49. The fourth-order valence-corrected chi connectivity index (χ4v) is 1.78. The van der Waals surface area contributed by atoms with Crippen molar-refractivity contribution in [3.05, 3.63) is 34.9 Å². The molecule has 0 bridgehead atoms. The molecule has 7 nitrogen and oxygen atoms in total. The first-order valence-electron chi connectivity index (χ1n) is 5.79. The zero-order valence-electron chi connectivity index (χ0n) is 11.0. The molecule has 0 radical (unpaired) electrons.